The van der Waals surface area contributed by atoms with Crippen molar-refractivity contribution in [1.82, 2.24) is 4.98 Å². The van der Waals surface area contributed by atoms with Crippen molar-refractivity contribution in [2.24, 2.45) is 0 Å². The lowest BCUT2D eigenvalue weighted by Gasteiger charge is -2.03. The van der Waals surface area contributed by atoms with Crippen molar-refractivity contribution in [2.75, 3.05) is 11.9 Å². The first-order valence-corrected chi connectivity index (χ1v) is 9.30. The molecule has 1 aliphatic rings. The number of hydrogen-bond acceptors (Lipinski definition) is 3. The molecule has 130 valence electrons. The average molecular weight is 468 g/mol. The van der Waals surface area contributed by atoms with Crippen molar-refractivity contribution in [3.63, 3.8) is 0 Å². The van der Waals surface area contributed by atoms with E-state index in [9.17, 15) is 9.59 Å². The highest BCUT2D eigenvalue weighted by atomic mass is 79.9. The predicted octanol–water partition coefficient (Wildman–Crippen LogP) is 4.83. The molecule has 0 aliphatic carbocycles. The van der Waals surface area contributed by atoms with Gasteiger partial charge in [0, 0.05) is 25.9 Å². The minimum Gasteiger partial charge on any atom is -0.462 e. The van der Waals surface area contributed by atoms with Crippen molar-refractivity contribution in [3.8, 4) is 0 Å². The molecule has 0 saturated heterocycles. The van der Waals surface area contributed by atoms with Gasteiger partial charge in [-0.15, -0.1) is 0 Å². The SMILES string of the molecule is CCOC(=O)c1c(C)[nH]c(C=C2C(=O)Nc3c(Br)cc(Br)cc32)c1C. The van der Waals surface area contributed by atoms with Crippen molar-refractivity contribution >= 4 is 61.1 Å². The third-order valence-corrected chi connectivity index (χ3v) is 5.16. The summed E-state index contributed by atoms with van der Waals surface area (Å²) in [6, 6.07) is 3.77. The second-order valence-corrected chi connectivity index (χ2v) is 7.48. The Morgan fingerprint density at radius 3 is 2.68 bits per heavy atom. The van der Waals surface area contributed by atoms with E-state index in [0.717, 1.165) is 37.1 Å². The molecule has 0 fully saturated rings. The third-order valence-electron chi connectivity index (χ3n) is 4.07. The van der Waals surface area contributed by atoms with Crippen molar-refractivity contribution in [1.29, 1.82) is 0 Å². The number of anilines is 1. The second kappa shape index (κ2) is 6.80. The standard InChI is InChI=1S/C18H16Br2N2O3/c1-4-25-18(24)15-8(2)14(21-9(15)3)7-12-11-5-10(19)6-13(20)16(11)22-17(12)23/h5-7,21H,4H2,1-3H3,(H,22,23). The van der Waals surface area contributed by atoms with E-state index in [4.69, 9.17) is 4.74 Å². The maximum absolute atomic E-state index is 12.4. The fraction of sp³-hybridized carbons (Fsp3) is 0.222. The normalized spacial score (nSPS) is 14.6. The van der Waals surface area contributed by atoms with Crippen LogP contribution in [-0.2, 0) is 9.53 Å². The fourth-order valence-corrected chi connectivity index (χ4v) is 4.26. The topological polar surface area (TPSA) is 71.2 Å². The summed E-state index contributed by atoms with van der Waals surface area (Å²) in [6.07, 6.45) is 1.77. The van der Waals surface area contributed by atoms with Gasteiger partial charge in [0.2, 0.25) is 0 Å². The summed E-state index contributed by atoms with van der Waals surface area (Å²) in [4.78, 5) is 27.7. The summed E-state index contributed by atoms with van der Waals surface area (Å²) in [6.45, 7) is 5.74. The number of aromatic amines is 1. The van der Waals surface area contributed by atoms with E-state index in [1.54, 1.807) is 13.0 Å². The Labute approximate surface area is 162 Å². The molecule has 3 rings (SSSR count). The molecule has 0 radical (unpaired) electrons. The van der Waals surface area contributed by atoms with Crippen LogP contribution in [0.4, 0.5) is 5.69 Å². The van der Waals surface area contributed by atoms with Gasteiger partial charge in [-0.2, -0.15) is 0 Å². The van der Waals surface area contributed by atoms with Crippen molar-refractivity contribution in [3.05, 3.63) is 49.2 Å². The minimum atomic E-state index is -0.361. The monoisotopic (exact) mass is 466 g/mol. The number of halogens is 2. The molecule has 0 bridgehead atoms. The van der Waals surface area contributed by atoms with Gasteiger partial charge in [-0.3, -0.25) is 4.79 Å². The lowest BCUT2D eigenvalue weighted by Crippen LogP contribution is -2.06. The molecule has 1 aromatic heterocycles. The zero-order chi connectivity index (χ0) is 18.3. The van der Waals surface area contributed by atoms with Gasteiger partial charge in [0.05, 0.1) is 23.4 Å². The highest BCUT2D eigenvalue weighted by Crippen LogP contribution is 2.40. The Bertz CT molecular complexity index is 929. The Balaban J connectivity index is 2.11. The molecule has 1 amide bonds. The molecule has 1 aliphatic heterocycles. The van der Waals surface area contributed by atoms with Gasteiger partial charge >= 0.3 is 5.97 Å². The Hall–Kier alpha value is -1.86. The lowest BCUT2D eigenvalue weighted by atomic mass is 10.0. The highest BCUT2D eigenvalue weighted by molar-refractivity contribution is 9.11. The van der Waals surface area contributed by atoms with Crippen LogP contribution in [0.3, 0.4) is 0 Å². The van der Waals surface area contributed by atoms with Crippen LogP contribution in [0, 0.1) is 13.8 Å². The van der Waals surface area contributed by atoms with Gasteiger partial charge < -0.3 is 15.0 Å². The number of carbonyl (C=O) groups is 2. The van der Waals surface area contributed by atoms with Gasteiger partial charge in [-0.05, 0) is 60.5 Å². The maximum atomic E-state index is 12.4. The number of fused-ring (bicyclic) bond motifs is 1. The number of nitrogens with one attached hydrogen (secondary N) is 2. The summed E-state index contributed by atoms with van der Waals surface area (Å²) in [5.74, 6) is -0.543. The van der Waals surface area contributed by atoms with Crippen LogP contribution in [0.2, 0.25) is 0 Å². The summed E-state index contributed by atoms with van der Waals surface area (Å²) < 4.78 is 6.78. The predicted molar refractivity (Wildman–Crippen MR) is 105 cm³/mol. The highest BCUT2D eigenvalue weighted by Gasteiger charge is 2.27. The number of aryl methyl sites for hydroxylation is 1. The minimum absolute atomic E-state index is 0.182. The quantitative estimate of drug-likeness (QED) is 0.501. The van der Waals surface area contributed by atoms with E-state index in [1.807, 2.05) is 26.0 Å². The summed E-state index contributed by atoms with van der Waals surface area (Å²) >= 11 is 6.91. The van der Waals surface area contributed by atoms with Gasteiger partial charge in [0.15, 0.2) is 0 Å². The molecule has 2 heterocycles. The van der Waals surface area contributed by atoms with Crippen LogP contribution < -0.4 is 5.32 Å². The molecule has 2 N–H and O–H groups in total. The Morgan fingerprint density at radius 1 is 1.28 bits per heavy atom. The zero-order valence-electron chi connectivity index (χ0n) is 13.9. The molecule has 7 heteroatoms. The smallest absolute Gasteiger partial charge is 0.340 e. The number of esters is 1. The number of benzene rings is 1. The number of amides is 1. The number of ether oxygens (including phenoxy) is 1. The van der Waals surface area contributed by atoms with Crippen LogP contribution in [-0.4, -0.2) is 23.5 Å². The molecular formula is C18H16Br2N2O3. The number of rotatable bonds is 3. The van der Waals surface area contributed by atoms with E-state index in [2.05, 4.69) is 42.2 Å². The first-order valence-electron chi connectivity index (χ1n) is 7.72. The molecule has 5 nitrogen and oxygen atoms in total. The van der Waals surface area contributed by atoms with E-state index in [1.165, 1.54) is 0 Å². The molecule has 0 saturated carbocycles. The Kier molecular flexibility index (Phi) is 4.88. The van der Waals surface area contributed by atoms with Gasteiger partial charge in [-0.25, -0.2) is 4.79 Å². The maximum Gasteiger partial charge on any atom is 0.340 e. The second-order valence-electron chi connectivity index (χ2n) is 5.71. The lowest BCUT2D eigenvalue weighted by molar-refractivity contribution is -0.110. The third kappa shape index (κ3) is 3.18. The zero-order valence-corrected chi connectivity index (χ0v) is 17.1. The average Bonchev–Trinajstić information content (AvgIpc) is 2.98. The molecule has 25 heavy (non-hydrogen) atoms. The van der Waals surface area contributed by atoms with Gasteiger partial charge in [0.25, 0.3) is 5.91 Å². The molecule has 2 aromatic rings. The van der Waals surface area contributed by atoms with Crippen LogP contribution in [0.5, 0.6) is 0 Å². The van der Waals surface area contributed by atoms with E-state index < -0.39 is 0 Å². The molecule has 0 atom stereocenters. The summed E-state index contributed by atoms with van der Waals surface area (Å²) in [5, 5.41) is 2.87. The van der Waals surface area contributed by atoms with Crippen LogP contribution in [0.15, 0.2) is 21.1 Å². The first kappa shape index (κ1) is 17.9. The summed E-state index contributed by atoms with van der Waals surface area (Å²) in [7, 11) is 0. The van der Waals surface area contributed by atoms with Crippen LogP contribution >= 0.6 is 31.9 Å². The number of H-pyrrole nitrogens is 1. The first-order chi connectivity index (χ1) is 11.8. The number of aromatic nitrogens is 1. The van der Waals surface area contributed by atoms with E-state index in [0.29, 0.717) is 17.7 Å². The molecule has 1 aromatic carbocycles. The van der Waals surface area contributed by atoms with Gasteiger partial charge in [0.1, 0.15) is 0 Å². The number of hydrogen-bond donors (Lipinski definition) is 2. The van der Waals surface area contributed by atoms with E-state index in [-0.39, 0.29) is 11.9 Å². The molecule has 0 unspecified atom stereocenters. The van der Waals surface area contributed by atoms with Crippen molar-refractivity contribution < 1.29 is 14.3 Å². The van der Waals surface area contributed by atoms with Crippen LogP contribution in [0.25, 0.3) is 11.6 Å². The molecule has 0 spiro atoms. The largest absolute Gasteiger partial charge is 0.462 e. The number of carbonyl (C=O) groups excluding carboxylic acids is 2. The fourth-order valence-electron chi connectivity index (χ4n) is 2.93. The van der Waals surface area contributed by atoms with Crippen LogP contribution in [0.1, 0.15) is 39.8 Å². The van der Waals surface area contributed by atoms with E-state index >= 15 is 0 Å². The van der Waals surface area contributed by atoms with Gasteiger partial charge in [-0.1, -0.05) is 15.9 Å². The molecular weight excluding hydrogens is 452 g/mol. The van der Waals surface area contributed by atoms with Crippen molar-refractivity contribution in [2.45, 2.75) is 20.8 Å². The Morgan fingerprint density at radius 2 is 2.00 bits per heavy atom. The summed E-state index contributed by atoms with van der Waals surface area (Å²) in [5.41, 5.74) is 4.80.